The second kappa shape index (κ2) is 8.84. The molecule has 142 valence electrons. The van der Waals surface area contributed by atoms with Crippen molar-refractivity contribution in [3.05, 3.63) is 59.7 Å². The van der Waals surface area contributed by atoms with Crippen LogP contribution in [0.1, 0.15) is 12.5 Å². The Bertz CT molecular complexity index is 885. The minimum atomic E-state index is -3.03. The van der Waals surface area contributed by atoms with E-state index >= 15 is 0 Å². The number of carbonyl (C=O) groups is 2. The third kappa shape index (κ3) is 5.84. The van der Waals surface area contributed by atoms with Gasteiger partial charge in [-0.2, -0.15) is 8.78 Å². The number of anilines is 2. The van der Waals surface area contributed by atoms with E-state index in [9.17, 15) is 27.2 Å². The molecule has 2 N–H and O–H groups in total. The molecule has 0 heterocycles. The van der Waals surface area contributed by atoms with E-state index in [4.69, 9.17) is 0 Å². The Morgan fingerprint density at radius 3 is 2.30 bits per heavy atom. The first-order chi connectivity index (χ1) is 12.8. The molecule has 0 fully saturated rings. The van der Waals surface area contributed by atoms with Crippen molar-refractivity contribution in [2.45, 2.75) is 13.5 Å². The molecule has 0 saturated carbocycles. The standard InChI is InChI=1S/C18H14F4N2O3/c1-10(25)23-14-9-15(13(20)8-12(14)19)24-17(26)7-6-11-4-2-3-5-16(11)27-18(21)22/h2-9,18H,1H3,(H,23,25)(H,24,26)/b7-6+. The summed E-state index contributed by atoms with van der Waals surface area (Å²) in [5.74, 6) is -3.58. The van der Waals surface area contributed by atoms with Gasteiger partial charge in [-0.15, -0.1) is 0 Å². The van der Waals surface area contributed by atoms with Gasteiger partial charge in [-0.05, 0) is 18.2 Å². The van der Waals surface area contributed by atoms with Gasteiger partial charge < -0.3 is 15.4 Å². The number of rotatable bonds is 6. The summed E-state index contributed by atoms with van der Waals surface area (Å²) in [5.41, 5.74) is -0.475. The summed E-state index contributed by atoms with van der Waals surface area (Å²) >= 11 is 0. The van der Waals surface area contributed by atoms with Crippen LogP contribution in [0.15, 0.2) is 42.5 Å². The van der Waals surface area contributed by atoms with Crippen LogP contribution in [0.5, 0.6) is 5.75 Å². The molecule has 2 aromatic carbocycles. The Balaban J connectivity index is 2.16. The lowest BCUT2D eigenvalue weighted by Crippen LogP contribution is -2.12. The first-order valence-electron chi connectivity index (χ1n) is 7.56. The second-order valence-electron chi connectivity index (χ2n) is 5.23. The molecule has 2 amide bonds. The number of nitrogens with one attached hydrogen (secondary N) is 2. The minimum absolute atomic E-state index is 0.141. The summed E-state index contributed by atoms with van der Waals surface area (Å²) in [4.78, 5) is 23.0. The second-order valence-corrected chi connectivity index (χ2v) is 5.23. The number of amides is 2. The van der Waals surface area contributed by atoms with Crippen molar-refractivity contribution in [1.29, 1.82) is 0 Å². The number of benzene rings is 2. The lowest BCUT2D eigenvalue weighted by atomic mass is 10.2. The van der Waals surface area contributed by atoms with Gasteiger partial charge >= 0.3 is 6.61 Å². The third-order valence-electron chi connectivity index (χ3n) is 3.17. The van der Waals surface area contributed by atoms with Gasteiger partial charge in [0.2, 0.25) is 11.8 Å². The van der Waals surface area contributed by atoms with Crippen molar-refractivity contribution in [2.24, 2.45) is 0 Å². The molecule has 0 saturated heterocycles. The molecule has 0 bridgehead atoms. The maximum atomic E-state index is 13.8. The van der Waals surface area contributed by atoms with Gasteiger partial charge in [-0.1, -0.05) is 18.2 Å². The Kier molecular flexibility index (Phi) is 6.53. The highest BCUT2D eigenvalue weighted by Crippen LogP contribution is 2.24. The van der Waals surface area contributed by atoms with E-state index < -0.39 is 30.1 Å². The van der Waals surface area contributed by atoms with E-state index in [0.29, 0.717) is 6.07 Å². The summed E-state index contributed by atoms with van der Waals surface area (Å²) in [6.45, 7) is -1.89. The van der Waals surface area contributed by atoms with Crippen LogP contribution < -0.4 is 15.4 Å². The maximum absolute atomic E-state index is 13.8. The zero-order valence-corrected chi connectivity index (χ0v) is 13.9. The first-order valence-corrected chi connectivity index (χ1v) is 7.56. The highest BCUT2D eigenvalue weighted by atomic mass is 19.3. The summed E-state index contributed by atoms with van der Waals surface area (Å²) in [5, 5.41) is 4.33. The van der Waals surface area contributed by atoms with Crippen LogP contribution in [0.25, 0.3) is 6.08 Å². The predicted octanol–water partition coefficient (Wildman–Crippen LogP) is 4.18. The minimum Gasteiger partial charge on any atom is -0.434 e. The van der Waals surface area contributed by atoms with Gasteiger partial charge in [0.25, 0.3) is 0 Å². The molecular weight excluding hydrogens is 368 g/mol. The summed E-state index contributed by atoms with van der Waals surface area (Å²) < 4.78 is 56.4. The van der Waals surface area contributed by atoms with Crippen LogP contribution in [-0.2, 0) is 9.59 Å². The summed E-state index contributed by atoms with van der Waals surface area (Å²) in [7, 11) is 0. The van der Waals surface area contributed by atoms with Crippen molar-refractivity contribution in [2.75, 3.05) is 10.6 Å². The molecule has 0 aliphatic heterocycles. The fourth-order valence-electron chi connectivity index (χ4n) is 2.09. The van der Waals surface area contributed by atoms with Crippen molar-refractivity contribution in [3.63, 3.8) is 0 Å². The number of hydrogen-bond donors (Lipinski definition) is 2. The van der Waals surface area contributed by atoms with Gasteiger partial charge in [-0.3, -0.25) is 9.59 Å². The van der Waals surface area contributed by atoms with E-state index in [2.05, 4.69) is 15.4 Å². The van der Waals surface area contributed by atoms with E-state index in [1.807, 2.05) is 0 Å². The van der Waals surface area contributed by atoms with Crippen molar-refractivity contribution < 1.29 is 31.9 Å². The molecule has 0 aliphatic carbocycles. The van der Waals surface area contributed by atoms with Crippen LogP contribution >= 0.6 is 0 Å². The number of halogens is 4. The highest BCUT2D eigenvalue weighted by molar-refractivity contribution is 6.02. The molecule has 0 spiro atoms. The molecule has 5 nitrogen and oxygen atoms in total. The topological polar surface area (TPSA) is 67.4 Å². The maximum Gasteiger partial charge on any atom is 0.387 e. The van der Waals surface area contributed by atoms with Crippen molar-refractivity contribution >= 4 is 29.3 Å². The molecule has 2 aromatic rings. The molecule has 2 rings (SSSR count). The third-order valence-corrected chi connectivity index (χ3v) is 3.17. The Labute approximate surface area is 151 Å². The smallest absolute Gasteiger partial charge is 0.387 e. The van der Waals surface area contributed by atoms with Crippen LogP contribution in [0.4, 0.5) is 28.9 Å². The molecular formula is C18H14F4N2O3. The van der Waals surface area contributed by atoms with Crippen LogP contribution in [0.3, 0.4) is 0 Å². The molecule has 0 radical (unpaired) electrons. The summed E-state index contributed by atoms with van der Waals surface area (Å²) in [6, 6.07) is 7.20. The zero-order chi connectivity index (χ0) is 20.0. The monoisotopic (exact) mass is 382 g/mol. The van der Waals surface area contributed by atoms with Crippen LogP contribution in [-0.4, -0.2) is 18.4 Å². The van der Waals surface area contributed by atoms with E-state index in [1.54, 1.807) is 6.07 Å². The van der Waals surface area contributed by atoms with Crippen molar-refractivity contribution in [1.82, 2.24) is 0 Å². The number of carbonyl (C=O) groups excluding carboxylic acids is 2. The SMILES string of the molecule is CC(=O)Nc1cc(NC(=O)/C=C/c2ccccc2OC(F)F)c(F)cc1F. The average molecular weight is 382 g/mol. The number of para-hydroxylation sites is 1. The van der Waals surface area contributed by atoms with Gasteiger partial charge in [0, 0.05) is 24.6 Å². The molecule has 0 aromatic heterocycles. The van der Waals surface area contributed by atoms with Gasteiger partial charge in [0.1, 0.15) is 17.4 Å². The zero-order valence-electron chi connectivity index (χ0n) is 13.9. The predicted molar refractivity (Wildman–Crippen MR) is 91.4 cm³/mol. The average Bonchev–Trinajstić information content (AvgIpc) is 2.57. The Hall–Kier alpha value is -3.36. The summed E-state index contributed by atoms with van der Waals surface area (Å²) in [6.07, 6.45) is 2.16. The van der Waals surface area contributed by atoms with Crippen LogP contribution in [0.2, 0.25) is 0 Å². The Morgan fingerprint density at radius 1 is 1.04 bits per heavy atom. The Morgan fingerprint density at radius 2 is 1.67 bits per heavy atom. The van der Waals surface area contributed by atoms with E-state index in [0.717, 1.165) is 19.1 Å². The molecule has 0 unspecified atom stereocenters. The fourth-order valence-corrected chi connectivity index (χ4v) is 2.09. The lowest BCUT2D eigenvalue weighted by molar-refractivity contribution is -0.114. The normalized spacial score (nSPS) is 10.9. The van der Waals surface area contributed by atoms with E-state index in [1.165, 1.54) is 24.3 Å². The number of ether oxygens (including phenoxy) is 1. The molecule has 27 heavy (non-hydrogen) atoms. The quantitative estimate of drug-likeness (QED) is 0.582. The first kappa shape index (κ1) is 20.0. The van der Waals surface area contributed by atoms with Gasteiger partial charge in [0.15, 0.2) is 0 Å². The number of hydrogen-bond acceptors (Lipinski definition) is 3. The molecule has 0 atom stereocenters. The highest BCUT2D eigenvalue weighted by Gasteiger charge is 2.13. The van der Waals surface area contributed by atoms with Crippen LogP contribution in [0, 0.1) is 11.6 Å². The lowest BCUT2D eigenvalue weighted by Gasteiger charge is -2.09. The van der Waals surface area contributed by atoms with Gasteiger partial charge in [-0.25, -0.2) is 8.78 Å². The molecule has 0 aliphatic rings. The molecule has 9 heteroatoms. The van der Waals surface area contributed by atoms with Gasteiger partial charge in [0.05, 0.1) is 11.4 Å². The largest absolute Gasteiger partial charge is 0.434 e. The number of alkyl halides is 2. The fraction of sp³-hybridized carbons (Fsp3) is 0.111. The van der Waals surface area contributed by atoms with Crippen molar-refractivity contribution in [3.8, 4) is 5.75 Å². The van der Waals surface area contributed by atoms with E-state index in [-0.39, 0.29) is 22.7 Å².